The summed E-state index contributed by atoms with van der Waals surface area (Å²) < 4.78 is 5.44. The second kappa shape index (κ2) is 6.95. The van der Waals surface area contributed by atoms with Gasteiger partial charge in [-0.1, -0.05) is 32.9 Å². The minimum Gasteiger partial charge on any atom is -0.496 e. The standard InChI is InChI=1S/C17H29NO/c1-7-9-18-10-8-17(4,5)15-11-13(2)16(19-6)14(3)12-15/h11-12,18H,7-10H2,1-6H3. The van der Waals surface area contributed by atoms with Crippen LogP contribution in [0.4, 0.5) is 0 Å². The molecular weight excluding hydrogens is 234 g/mol. The fraction of sp³-hybridized carbons (Fsp3) is 0.647. The van der Waals surface area contributed by atoms with Crippen LogP contribution in [-0.4, -0.2) is 20.2 Å². The summed E-state index contributed by atoms with van der Waals surface area (Å²) in [5, 5.41) is 3.49. The molecule has 1 rings (SSSR count). The third kappa shape index (κ3) is 4.24. The molecule has 1 N–H and O–H groups in total. The highest BCUT2D eigenvalue weighted by atomic mass is 16.5. The Hall–Kier alpha value is -1.02. The van der Waals surface area contributed by atoms with Crippen molar-refractivity contribution in [3.63, 3.8) is 0 Å². The Morgan fingerprint density at radius 3 is 2.16 bits per heavy atom. The summed E-state index contributed by atoms with van der Waals surface area (Å²) >= 11 is 0. The van der Waals surface area contributed by atoms with Gasteiger partial charge in [0.2, 0.25) is 0 Å². The van der Waals surface area contributed by atoms with Crippen LogP contribution in [0.15, 0.2) is 12.1 Å². The minimum atomic E-state index is 0.197. The van der Waals surface area contributed by atoms with Gasteiger partial charge in [0, 0.05) is 0 Å². The summed E-state index contributed by atoms with van der Waals surface area (Å²) in [6.07, 6.45) is 2.35. The van der Waals surface area contributed by atoms with E-state index in [0.717, 1.165) is 25.3 Å². The third-order valence-corrected chi connectivity index (χ3v) is 3.80. The van der Waals surface area contributed by atoms with E-state index in [-0.39, 0.29) is 5.41 Å². The van der Waals surface area contributed by atoms with E-state index in [1.54, 1.807) is 7.11 Å². The molecule has 19 heavy (non-hydrogen) atoms. The number of benzene rings is 1. The number of hydrogen-bond donors (Lipinski definition) is 1. The number of ether oxygens (including phenoxy) is 1. The normalized spacial score (nSPS) is 11.7. The van der Waals surface area contributed by atoms with Crippen molar-refractivity contribution in [2.24, 2.45) is 0 Å². The maximum atomic E-state index is 5.44. The van der Waals surface area contributed by atoms with Gasteiger partial charge in [0.05, 0.1) is 7.11 Å². The molecule has 0 saturated heterocycles. The van der Waals surface area contributed by atoms with Crippen LogP contribution in [0.5, 0.6) is 5.75 Å². The Kier molecular flexibility index (Phi) is 5.86. The Morgan fingerprint density at radius 2 is 1.68 bits per heavy atom. The van der Waals surface area contributed by atoms with Gasteiger partial charge >= 0.3 is 0 Å². The molecule has 0 bridgehead atoms. The molecule has 0 amide bonds. The first-order chi connectivity index (χ1) is 8.92. The SMILES string of the molecule is CCCNCCC(C)(C)c1cc(C)c(OC)c(C)c1. The van der Waals surface area contributed by atoms with Crippen LogP contribution in [0.3, 0.4) is 0 Å². The van der Waals surface area contributed by atoms with Gasteiger partial charge in [0.25, 0.3) is 0 Å². The van der Waals surface area contributed by atoms with E-state index in [1.807, 2.05) is 0 Å². The molecule has 0 fully saturated rings. The lowest BCUT2D eigenvalue weighted by Gasteiger charge is -2.27. The third-order valence-electron chi connectivity index (χ3n) is 3.80. The summed E-state index contributed by atoms with van der Waals surface area (Å²) in [6.45, 7) is 13.3. The fourth-order valence-corrected chi connectivity index (χ4v) is 2.51. The van der Waals surface area contributed by atoms with Crippen LogP contribution in [-0.2, 0) is 5.41 Å². The highest BCUT2D eigenvalue weighted by Gasteiger charge is 2.21. The molecule has 0 spiro atoms. The second-order valence-corrected chi connectivity index (χ2v) is 6.03. The molecular formula is C17H29NO. The van der Waals surface area contributed by atoms with E-state index in [0.29, 0.717) is 0 Å². The predicted octanol–water partition coefficient (Wildman–Crippen LogP) is 3.98. The van der Waals surface area contributed by atoms with Gasteiger partial charge in [0.1, 0.15) is 5.75 Å². The molecule has 0 unspecified atom stereocenters. The number of hydrogen-bond acceptors (Lipinski definition) is 2. The molecule has 0 saturated carbocycles. The van der Waals surface area contributed by atoms with Crippen molar-refractivity contribution in [3.05, 3.63) is 28.8 Å². The lowest BCUT2D eigenvalue weighted by atomic mass is 9.80. The van der Waals surface area contributed by atoms with Crippen molar-refractivity contribution in [1.82, 2.24) is 5.32 Å². The topological polar surface area (TPSA) is 21.3 Å². The molecule has 0 atom stereocenters. The van der Waals surface area contributed by atoms with Gasteiger partial charge in [-0.05, 0) is 61.9 Å². The first kappa shape index (κ1) is 16.0. The molecule has 0 heterocycles. The molecule has 1 aromatic rings. The van der Waals surface area contributed by atoms with Crippen LogP contribution in [0.2, 0.25) is 0 Å². The highest BCUT2D eigenvalue weighted by Crippen LogP contribution is 2.32. The Balaban J connectivity index is 2.83. The number of methoxy groups -OCH3 is 1. The molecule has 108 valence electrons. The Labute approximate surface area is 118 Å². The first-order valence-electron chi connectivity index (χ1n) is 7.28. The lowest BCUT2D eigenvalue weighted by Crippen LogP contribution is -2.26. The van der Waals surface area contributed by atoms with Crippen LogP contribution in [0.1, 0.15) is 50.3 Å². The zero-order valence-corrected chi connectivity index (χ0v) is 13.4. The Bertz CT molecular complexity index is 387. The van der Waals surface area contributed by atoms with E-state index in [1.165, 1.54) is 23.1 Å². The summed E-state index contributed by atoms with van der Waals surface area (Å²) in [5.74, 6) is 1.02. The van der Waals surface area contributed by atoms with Crippen molar-refractivity contribution in [2.75, 3.05) is 20.2 Å². The van der Waals surface area contributed by atoms with Crippen molar-refractivity contribution in [3.8, 4) is 5.75 Å². The van der Waals surface area contributed by atoms with Gasteiger partial charge in [-0.2, -0.15) is 0 Å². The molecule has 0 aromatic heterocycles. The van der Waals surface area contributed by atoms with Gasteiger partial charge in [-0.15, -0.1) is 0 Å². The van der Waals surface area contributed by atoms with Crippen LogP contribution in [0, 0.1) is 13.8 Å². The summed E-state index contributed by atoms with van der Waals surface area (Å²) in [5.41, 5.74) is 4.06. The fourth-order valence-electron chi connectivity index (χ4n) is 2.51. The minimum absolute atomic E-state index is 0.197. The van der Waals surface area contributed by atoms with Gasteiger partial charge in [-0.25, -0.2) is 0 Å². The number of aryl methyl sites for hydroxylation is 2. The molecule has 0 radical (unpaired) electrons. The van der Waals surface area contributed by atoms with Crippen LogP contribution < -0.4 is 10.1 Å². The van der Waals surface area contributed by atoms with Crippen molar-refractivity contribution in [2.45, 2.75) is 52.9 Å². The summed E-state index contributed by atoms with van der Waals surface area (Å²) in [6, 6.07) is 4.54. The van der Waals surface area contributed by atoms with E-state index in [4.69, 9.17) is 4.74 Å². The van der Waals surface area contributed by atoms with Crippen LogP contribution >= 0.6 is 0 Å². The molecule has 0 aliphatic heterocycles. The van der Waals surface area contributed by atoms with Gasteiger partial charge in [-0.3, -0.25) is 0 Å². The largest absolute Gasteiger partial charge is 0.496 e. The zero-order valence-electron chi connectivity index (χ0n) is 13.4. The second-order valence-electron chi connectivity index (χ2n) is 6.03. The highest BCUT2D eigenvalue weighted by molar-refractivity contribution is 5.45. The molecule has 2 heteroatoms. The first-order valence-corrected chi connectivity index (χ1v) is 7.28. The average molecular weight is 263 g/mol. The maximum Gasteiger partial charge on any atom is 0.124 e. The lowest BCUT2D eigenvalue weighted by molar-refractivity contribution is 0.406. The molecule has 0 aliphatic carbocycles. The molecule has 0 aliphatic rings. The summed E-state index contributed by atoms with van der Waals surface area (Å²) in [4.78, 5) is 0. The monoisotopic (exact) mass is 263 g/mol. The van der Waals surface area contributed by atoms with Crippen molar-refractivity contribution in [1.29, 1.82) is 0 Å². The number of nitrogens with one attached hydrogen (secondary N) is 1. The average Bonchev–Trinajstić information content (AvgIpc) is 2.34. The summed E-state index contributed by atoms with van der Waals surface area (Å²) in [7, 11) is 1.74. The van der Waals surface area contributed by atoms with Gasteiger partial charge < -0.3 is 10.1 Å². The molecule has 2 nitrogen and oxygen atoms in total. The quantitative estimate of drug-likeness (QED) is 0.751. The predicted molar refractivity (Wildman–Crippen MR) is 83.3 cm³/mol. The maximum absolute atomic E-state index is 5.44. The zero-order chi connectivity index (χ0) is 14.5. The van der Waals surface area contributed by atoms with E-state index in [9.17, 15) is 0 Å². The van der Waals surface area contributed by atoms with E-state index in [2.05, 4.69) is 52.1 Å². The van der Waals surface area contributed by atoms with Crippen LogP contribution in [0.25, 0.3) is 0 Å². The van der Waals surface area contributed by atoms with E-state index >= 15 is 0 Å². The smallest absolute Gasteiger partial charge is 0.124 e. The van der Waals surface area contributed by atoms with Crippen molar-refractivity contribution < 1.29 is 4.74 Å². The van der Waals surface area contributed by atoms with Crippen molar-refractivity contribution >= 4 is 0 Å². The Morgan fingerprint density at radius 1 is 1.11 bits per heavy atom. The number of rotatable bonds is 7. The molecule has 1 aromatic carbocycles. The van der Waals surface area contributed by atoms with Gasteiger partial charge in [0.15, 0.2) is 0 Å². The van der Waals surface area contributed by atoms with E-state index < -0.39 is 0 Å².